The molecule has 5 nitrogen and oxygen atoms in total. The normalized spacial score (nSPS) is 15.6. The Morgan fingerprint density at radius 1 is 0.968 bits per heavy atom. The Morgan fingerprint density at radius 2 is 1.65 bits per heavy atom. The average Bonchev–Trinajstić information content (AvgIpc) is 3.02. The van der Waals surface area contributed by atoms with Crippen molar-refractivity contribution in [2.45, 2.75) is 45.1 Å². The Bertz CT molecular complexity index is 1260. The molecule has 31 heavy (non-hydrogen) atoms. The smallest absolute Gasteiger partial charge is 0.262 e. The molecule has 3 aromatic rings. The molecule has 1 N–H and O–H groups in total. The Labute approximate surface area is 183 Å². The van der Waals surface area contributed by atoms with Crippen molar-refractivity contribution in [2.75, 3.05) is 9.62 Å². The van der Waals surface area contributed by atoms with Gasteiger partial charge in [-0.3, -0.25) is 9.52 Å². The highest BCUT2D eigenvalue weighted by atomic mass is 32.2. The number of carbonyl (C=O) groups is 1. The summed E-state index contributed by atoms with van der Waals surface area (Å²) < 4.78 is 29.0. The first-order valence-electron chi connectivity index (χ1n) is 10.3. The van der Waals surface area contributed by atoms with Gasteiger partial charge in [0.05, 0.1) is 4.90 Å². The van der Waals surface area contributed by atoms with Crippen LogP contribution in [0.3, 0.4) is 0 Å². The summed E-state index contributed by atoms with van der Waals surface area (Å²) in [5.41, 5.74) is 5.41. The van der Waals surface area contributed by atoms with Crippen LogP contribution in [0.15, 0.2) is 65.6 Å². The van der Waals surface area contributed by atoms with Crippen molar-refractivity contribution in [3.8, 4) is 0 Å². The highest BCUT2D eigenvalue weighted by molar-refractivity contribution is 7.92. The Kier molecular flexibility index (Phi) is 5.35. The molecule has 6 heteroatoms. The van der Waals surface area contributed by atoms with Gasteiger partial charge in [-0.05, 0) is 86.7 Å². The highest BCUT2D eigenvalue weighted by Gasteiger charge is 2.32. The molecule has 0 bridgehead atoms. The molecule has 1 unspecified atom stereocenters. The van der Waals surface area contributed by atoms with Crippen molar-refractivity contribution < 1.29 is 13.2 Å². The van der Waals surface area contributed by atoms with Crippen LogP contribution in [0.25, 0.3) is 0 Å². The van der Waals surface area contributed by atoms with Crippen LogP contribution in [-0.4, -0.2) is 20.4 Å². The third kappa shape index (κ3) is 4.08. The Morgan fingerprint density at radius 3 is 2.35 bits per heavy atom. The third-order valence-corrected chi connectivity index (χ3v) is 7.15. The number of carbonyl (C=O) groups excluding carboxylic acids is 1. The lowest BCUT2D eigenvalue weighted by Gasteiger charge is -2.23. The van der Waals surface area contributed by atoms with Crippen LogP contribution in [0, 0.1) is 20.8 Å². The van der Waals surface area contributed by atoms with Crippen LogP contribution in [0.2, 0.25) is 0 Å². The van der Waals surface area contributed by atoms with Gasteiger partial charge in [-0.25, -0.2) is 8.42 Å². The number of para-hydroxylation sites is 1. The maximum Gasteiger partial charge on any atom is 0.262 e. The first-order chi connectivity index (χ1) is 14.7. The van der Waals surface area contributed by atoms with Crippen LogP contribution < -0.4 is 9.62 Å². The minimum Gasteiger partial charge on any atom is -0.305 e. The largest absolute Gasteiger partial charge is 0.305 e. The van der Waals surface area contributed by atoms with Gasteiger partial charge >= 0.3 is 0 Å². The first kappa shape index (κ1) is 21.1. The zero-order valence-corrected chi connectivity index (χ0v) is 19.0. The van der Waals surface area contributed by atoms with Gasteiger partial charge in [0, 0.05) is 23.0 Å². The van der Waals surface area contributed by atoms with Crippen molar-refractivity contribution in [2.24, 2.45) is 0 Å². The van der Waals surface area contributed by atoms with Crippen molar-refractivity contribution >= 4 is 27.3 Å². The van der Waals surface area contributed by atoms with E-state index in [1.807, 2.05) is 51.1 Å². The standard InChI is InChI=1S/C25H26N2O3S/c1-16-11-17(2)13-22(12-16)26-31(29,30)24-15-21(10-9-18(24)3)25(28)27-19(4)14-20-7-5-6-8-23(20)27/h5-13,15,19,26H,14H2,1-4H3. The van der Waals surface area contributed by atoms with Gasteiger partial charge < -0.3 is 4.90 Å². The summed E-state index contributed by atoms with van der Waals surface area (Å²) >= 11 is 0. The number of anilines is 2. The topological polar surface area (TPSA) is 66.5 Å². The van der Waals surface area contributed by atoms with E-state index >= 15 is 0 Å². The molecule has 0 spiro atoms. The minimum atomic E-state index is -3.85. The first-order valence-corrected chi connectivity index (χ1v) is 11.8. The van der Waals surface area contributed by atoms with E-state index in [2.05, 4.69) is 4.72 Å². The van der Waals surface area contributed by atoms with E-state index < -0.39 is 10.0 Å². The van der Waals surface area contributed by atoms with Gasteiger partial charge in [0.15, 0.2) is 0 Å². The fourth-order valence-electron chi connectivity index (χ4n) is 4.28. The summed E-state index contributed by atoms with van der Waals surface area (Å²) in [7, 11) is -3.85. The molecule has 1 heterocycles. The summed E-state index contributed by atoms with van der Waals surface area (Å²) in [5.74, 6) is -0.194. The fourth-order valence-corrected chi connectivity index (χ4v) is 5.59. The Balaban J connectivity index is 1.69. The monoisotopic (exact) mass is 434 g/mol. The summed E-state index contributed by atoms with van der Waals surface area (Å²) in [5, 5.41) is 0. The van der Waals surface area contributed by atoms with E-state index in [0.29, 0.717) is 16.8 Å². The summed E-state index contributed by atoms with van der Waals surface area (Å²) in [6.07, 6.45) is 0.785. The van der Waals surface area contributed by atoms with Gasteiger partial charge in [0.1, 0.15) is 0 Å². The number of nitrogens with zero attached hydrogens (tertiary/aromatic N) is 1. The van der Waals surface area contributed by atoms with E-state index in [1.54, 1.807) is 36.1 Å². The molecular weight excluding hydrogens is 408 g/mol. The molecular formula is C25H26N2O3S. The zero-order valence-electron chi connectivity index (χ0n) is 18.1. The van der Waals surface area contributed by atoms with E-state index in [9.17, 15) is 13.2 Å². The number of rotatable bonds is 4. The molecule has 0 aromatic heterocycles. The van der Waals surface area contributed by atoms with E-state index in [0.717, 1.165) is 28.8 Å². The van der Waals surface area contributed by atoms with Gasteiger partial charge in [0.2, 0.25) is 0 Å². The molecule has 1 aliphatic rings. The number of nitrogens with one attached hydrogen (secondary N) is 1. The van der Waals surface area contributed by atoms with Crippen LogP contribution in [0.1, 0.15) is 39.5 Å². The SMILES string of the molecule is Cc1cc(C)cc(NS(=O)(=O)c2cc(C(=O)N3c4ccccc4CC3C)ccc2C)c1. The maximum absolute atomic E-state index is 13.4. The van der Waals surface area contributed by atoms with Gasteiger partial charge in [-0.2, -0.15) is 0 Å². The number of fused-ring (bicyclic) bond motifs is 1. The second-order valence-electron chi connectivity index (χ2n) is 8.32. The van der Waals surface area contributed by atoms with Gasteiger partial charge in [-0.15, -0.1) is 0 Å². The predicted molar refractivity (Wildman–Crippen MR) is 124 cm³/mol. The molecule has 0 aliphatic carbocycles. The van der Waals surface area contributed by atoms with Crippen LogP contribution >= 0.6 is 0 Å². The molecule has 0 fully saturated rings. The second kappa shape index (κ2) is 7.85. The van der Waals surface area contributed by atoms with Crippen LogP contribution in [0.5, 0.6) is 0 Å². The zero-order chi connectivity index (χ0) is 22.3. The Hall–Kier alpha value is -3.12. The van der Waals surface area contributed by atoms with Crippen molar-refractivity contribution in [1.82, 2.24) is 0 Å². The molecule has 1 amide bonds. The maximum atomic E-state index is 13.4. The van der Waals surface area contributed by atoms with Crippen molar-refractivity contribution in [3.63, 3.8) is 0 Å². The van der Waals surface area contributed by atoms with E-state index in [1.165, 1.54) is 6.07 Å². The number of hydrogen-bond donors (Lipinski definition) is 1. The molecule has 4 rings (SSSR count). The van der Waals surface area contributed by atoms with Gasteiger partial charge in [-0.1, -0.05) is 30.3 Å². The van der Waals surface area contributed by atoms with Crippen molar-refractivity contribution in [3.05, 3.63) is 88.5 Å². The highest BCUT2D eigenvalue weighted by Crippen LogP contribution is 2.33. The number of sulfonamides is 1. The van der Waals surface area contributed by atoms with E-state index in [4.69, 9.17) is 0 Å². The summed E-state index contributed by atoms with van der Waals surface area (Å²) in [4.78, 5) is 15.2. The summed E-state index contributed by atoms with van der Waals surface area (Å²) in [6.45, 7) is 7.58. The second-order valence-corrected chi connectivity index (χ2v) is 9.97. The molecule has 1 atom stereocenters. The third-order valence-electron chi connectivity index (χ3n) is 5.62. The summed E-state index contributed by atoms with van der Waals surface area (Å²) in [6, 6.07) is 18.3. The average molecular weight is 435 g/mol. The molecule has 3 aromatic carbocycles. The van der Waals surface area contributed by atoms with Crippen LogP contribution in [-0.2, 0) is 16.4 Å². The quantitative estimate of drug-likeness (QED) is 0.628. The molecule has 0 radical (unpaired) electrons. The number of amides is 1. The lowest BCUT2D eigenvalue weighted by molar-refractivity contribution is 0.0981. The molecule has 1 aliphatic heterocycles. The number of benzene rings is 3. The predicted octanol–water partition coefficient (Wildman–Crippen LogP) is 5.00. The van der Waals surface area contributed by atoms with Crippen molar-refractivity contribution in [1.29, 1.82) is 0 Å². The fraction of sp³-hybridized carbons (Fsp3) is 0.240. The molecule has 0 saturated heterocycles. The minimum absolute atomic E-state index is 0.0136. The van der Waals surface area contributed by atoms with Gasteiger partial charge in [0.25, 0.3) is 15.9 Å². The lowest BCUT2D eigenvalue weighted by Crippen LogP contribution is -2.35. The molecule has 0 saturated carbocycles. The van der Waals surface area contributed by atoms with E-state index in [-0.39, 0.29) is 16.8 Å². The lowest BCUT2D eigenvalue weighted by atomic mass is 10.1. The van der Waals surface area contributed by atoms with Crippen LogP contribution in [0.4, 0.5) is 11.4 Å². The number of aryl methyl sites for hydroxylation is 3. The molecule has 160 valence electrons. The number of hydrogen-bond acceptors (Lipinski definition) is 3.